The molecule has 3 aromatic carbocycles. The highest BCUT2D eigenvalue weighted by Crippen LogP contribution is 2.27. The van der Waals surface area contributed by atoms with Gasteiger partial charge in [0.25, 0.3) is 5.91 Å². The van der Waals surface area contributed by atoms with Gasteiger partial charge in [-0.25, -0.2) is 5.43 Å². The van der Waals surface area contributed by atoms with Crippen molar-refractivity contribution in [2.24, 2.45) is 5.10 Å². The van der Waals surface area contributed by atoms with Crippen LogP contribution >= 0.6 is 0 Å². The molecule has 0 heterocycles. The Morgan fingerprint density at radius 1 is 0.917 bits per heavy atom. The fraction of sp³-hybridized carbons (Fsp3) is 0.100. The van der Waals surface area contributed by atoms with E-state index in [1.165, 1.54) is 0 Å². The van der Waals surface area contributed by atoms with Crippen LogP contribution in [0.2, 0.25) is 0 Å². The van der Waals surface area contributed by atoms with Crippen molar-refractivity contribution in [2.45, 2.75) is 0 Å². The Balaban J connectivity index is 1.85. The molecule has 0 radical (unpaired) electrons. The third kappa shape index (κ3) is 3.27. The average molecular weight is 317 g/mol. The number of fused-ring (bicyclic) bond motifs is 1. The number of carbonyl (C=O) groups excluding carboxylic acids is 1. The number of rotatable bonds is 4. The maximum atomic E-state index is 12.0. The first kappa shape index (κ1) is 15.7. The molecule has 1 N–H and O–H groups in total. The fourth-order valence-corrected chi connectivity index (χ4v) is 2.62. The standard InChI is InChI=1S/C20H19N3O/c1-23(2)19-13-12-16(17-10-6-7-11-18(17)19)14-21-22-20(24)15-8-4-3-5-9-15/h3-14H,1-2H3,(H,22,24)/b21-14+. The van der Waals surface area contributed by atoms with Gasteiger partial charge >= 0.3 is 0 Å². The van der Waals surface area contributed by atoms with Gasteiger partial charge in [-0.15, -0.1) is 0 Å². The Hall–Kier alpha value is -3.14. The third-order valence-electron chi connectivity index (χ3n) is 3.82. The van der Waals surface area contributed by atoms with Gasteiger partial charge in [0.05, 0.1) is 6.21 Å². The molecule has 0 aliphatic carbocycles. The second-order valence-electron chi connectivity index (χ2n) is 5.68. The van der Waals surface area contributed by atoms with Crippen molar-refractivity contribution in [1.29, 1.82) is 0 Å². The van der Waals surface area contributed by atoms with E-state index in [9.17, 15) is 4.79 Å². The number of benzene rings is 3. The van der Waals surface area contributed by atoms with E-state index in [2.05, 4.69) is 33.6 Å². The van der Waals surface area contributed by atoms with Crippen molar-refractivity contribution < 1.29 is 4.79 Å². The summed E-state index contributed by atoms with van der Waals surface area (Å²) in [6.07, 6.45) is 1.68. The SMILES string of the molecule is CN(C)c1ccc(/C=N/NC(=O)c2ccccc2)c2ccccc12. The van der Waals surface area contributed by atoms with Gasteiger partial charge in [0, 0.05) is 36.3 Å². The molecule has 0 unspecified atom stereocenters. The predicted molar refractivity (Wildman–Crippen MR) is 99.8 cm³/mol. The average Bonchev–Trinajstić information content (AvgIpc) is 2.62. The van der Waals surface area contributed by atoms with Crippen LogP contribution in [0.5, 0.6) is 0 Å². The highest BCUT2D eigenvalue weighted by atomic mass is 16.2. The molecule has 0 spiro atoms. The Labute approximate surface area is 141 Å². The normalized spacial score (nSPS) is 10.9. The van der Waals surface area contributed by atoms with E-state index >= 15 is 0 Å². The number of nitrogens with zero attached hydrogens (tertiary/aromatic N) is 2. The van der Waals surface area contributed by atoms with E-state index < -0.39 is 0 Å². The zero-order valence-corrected chi connectivity index (χ0v) is 13.7. The van der Waals surface area contributed by atoms with Gasteiger partial charge < -0.3 is 4.90 Å². The lowest BCUT2D eigenvalue weighted by Crippen LogP contribution is -2.17. The molecule has 4 heteroatoms. The summed E-state index contributed by atoms with van der Waals surface area (Å²) in [5, 5.41) is 6.36. The van der Waals surface area contributed by atoms with Gasteiger partial charge in [-0.3, -0.25) is 4.79 Å². The van der Waals surface area contributed by atoms with Crippen molar-refractivity contribution in [3.63, 3.8) is 0 Å². The molecular formula is C20H19N3O. The lowest BCUT2D eigenvalue weighted by molar-refractivity contribution is 0.0955. The summed E-state index contributed by atoms with van der Waals surface area (Å²) in [4.78, 5) is 14.1. The van der Waals surface area contributed by atoms with Crippen molar-refractivity contribution in [3.8, 4) is 0 Å². The van der Waals surface area contributed by atoms with Gasteiger partial charge in [0.1, 0.15) is 0 Å². The van der Waals surface area contributed by atoms with Crippen molar-refractivity contribution >= 4 is 28.6 Å². The minimum atomic E-state index is -0.221. The zero-order chi connectivity index (χ0) is 16.9. The molecule has 0 atom stereocenters. The number of amides is 1. The third-order valence-corrected chi connectivity index (χ3v) is 3.82. The second-order valence-corrected chi connectivity index (χ2v) is 5.68. The smallest absolute Gasteiger partial charge is 0.271 e. The highest BCUT2D eigenvalue weighted by Gasteiger charge is 2.06. The first-order chi connectivity index (χ1) is 11.7. The summed E-state index contributed by atoms with van der Waals surface area (Å²) in [6.45, 7) is 0. The molecule has 0 aromatic heterocycles. The maximum absolute atomic E-state index is 12.0. The molecule has 120 valence electrons. The van der Waals surface area contributed by atoms with E-state index in [4.69, 9.17) is 0 Å². The van der Waals surface area contributed by atoms with Crippen LogP contribution in [0.3, 0.4) is 0 Å². The van der Waals surface area contributed by atoms with Crippen LogP contribution in [0, 0.1) is 0 Å². The molecule has 3 aromatic rings. The molecule has 0 aliphatic rings. The van der Waals surface area contributed by atoms with E-state index in [1.807, 2.05) is 50.5 Å². The number of anilines is 1. The monoisotopic (exact) mass is 317 g/mol. The van der Waals surface area contributed by atoms with Crippen LogP contribution in [0.25, 0.3) is 10.8 Å². The van der Waals surface area contributed by atoms with E-state index in [1.54, 1.807) is 18.3 Å². The number of hydrazone groups is 1. The molecule has 0 saturated heterocycles. The summed E-state index contributed by atoms with van der Waals surface area (Å²) < 4.78 is 0. The maximum Gasteiger partial charge on any atom is 0.271 e. The first-order valence-electron chi connectivity index (χ1n) is 7.74. The number of hydrogen-bond acceptors (Lipinski definition) is 3. The summed E-state index contributed by atoms with van der Waals surface area (Å²) in [5.74, 6) is -0.221. The molecule has 0 bridgehead atoms. The number of carbonyl (C=O) groups is 1. The lowest BCUT2D eigenvalue weighted by atomic mass is 10.0. The Kier molecular flexibility index (Phi) is 4.57. The van der Waals surface area contributed by atoms with Crippen LogP contribution in [0.4, 0.5) is 5.69 Å². The van der Waals surface area contributed by atoms with Gasteiger partial charge in [0.15, 0.2) is 0 Å². The molecule has 24 heavy (non-hydrogen) atoms. The molecule has 0 fully saturated rings. The minimum Gasteiger partial charge on any atom is -0.377 e. The Morgan fingerprint density at radius 3 is 2.29 bits per heavy atom. The Morgan fingerprint density at radius 2 is 1.58 bits per heavy atom. The van der Waals surface area contributed by atoms with Gasteiger partial charge in [-0.2, -0.15) is 5.10 Å². The van der Waals surface area contributed by atoms with E-state index in [-0.39, 0.29) is 5.91 Å². The number of nitrogens with one attached hydrogen (secondary N) is 1. The molecular weight excluding hydrogens is 298 g/mol. The van der Waals surface area contributed by atoms with Gasteiger partial charge in [-0.05, 0) is 23.6 Å². The number of hydrogen-bond donors (Lipinski definition) is 1. The minimum absolute atomic E-state index is 0.221. The van der Waals surface area contributed by atoms with E-state index in [0.29, 0.717) is 5.56 Å². The van der Waals surface area contributed by atoms with Crippen LogP contribution in [-0.2, 0) is 0 Å². The van der Waals surface area contributed by atoms with Crippen LogP contribution < -0.4 is 10.3 Å². The Bertz CT molecular complexity index is 886. The predicted octanol–water partition coefficient (Wildman–Crippen LogP) is 3.67. The quantitative estimate of drug-likeness (QED) is 0.589. The molecule has 4 nitrogen and oxygen atoms in total. The van der Waals surface area contributed by atoms with Crippen LogP contribution in [0.1, 0.15) is 15.9 Å². The molecule has 3 rings (SSSR count). The largest absolute Gasteiger partial charge is 0.377 e. The van der Waals surface area contributed by atoms with Gasteiger partial charge in [0.2, 0.25) is 0 Å². The van der Waals surface area contributed by atoms with Crippen LogP contribution in [-0.4, -0.2) is 26.2 Å². The van der Waals surface area contributed by atoms with Crippen LogP contribution in [0.15, 0.2) is 71.8 Å². The second kappa shape index (κ2) is 6.96. The molecule has 0 aliphatic heterocycles. The molecule has 1 amide bonds. The lowest BCUT2D eigenvalue weighted by Gasteiger charge is -2.16. The zero-order valence-electron chi connectivity index (χ0n) is 13.7. The summed E-state index contributed by atoms with van der Waals surface area (Å²) >= 11 is 0. The van der Waals surface area contributed by atoms with E-state index in [0.717, 1.165) is 22.0 Å². The topological polar surface area (TPSA) is 44.7 Å². The summed E-state index contributed by atoms with van der Waals surface area (Å²) in [7, 11) is 4.05. The highest BCUT2D eigenvalue weighted by molar-refractivity contribution is 6.05. The summed E-state index contributed by atoms with van der Waals surface area (Å²) in [6, 6.07) is 21.3. The van der Waals surface area contributed by atoms with Crippen molar-refractivity contribution in [1.82, 2.24) is 5.43 Å². The van der Waals surface area contributed by atoms with Gasteiger partial charge in [-0.1, -0.05) is 48.5 Å². The first-order valence-corrected chi connectivity index (χ1v) is 7.74. The fourth-order valence-electron chi connectivity index (χ4n) is 2.62. The molecule has 0 saturated carbocycles. The van der Waals surface area contributed by atoms with Crippen molar-refractivity contribution in [3.05, 3.63) is 77.9 Å². The van der Waals surface area contributed by atoms with Crippen molar-refractivity contribution in [2.75, 3.05) is 19.0 Å². The summed E-state index contributed by atoms with van der Waals surface area (Å²) in [5.41, 5.74) is 5.27.